The van der Waals surface area contributed by atoms with Gasteiger partial charge in [-0.25, -0.2) is 17.7 Å². The summed E-state index contributed by atoms with van der Waals surface area (Å²) in [7, 11) is -4.21. The van der Waals surface area contributed by atoms with E-state index in [0.29, 0.717) is 0 Å². The Kier molecular flexibility index (Phi) is 5.49. The molecule has 0 heterocycles. The van der Waals surface area contributed by atoms with E-state index in [1.807, 2.05) is 0 Å². The first-order valence-corrected chi connectivity index (χ1v) is 8.56. The number of rotatable bonds is 6. The van der Waals surface area contributed by atoms with Crippen molar-refractivity contribution in [2.75, 3.05) is 6.16 Å². The summed E-state index contributed by atoms with van der Waals surface area (Å²) in [4.78, 5) is 0. The smallest absolute Gasteiger partial charge is 0.416 e. The van der Waals surface area contributed by atoms with Gasteiger partial charge >= 0.3 is 7.60 Å². The molecular formula is C15H12F5O3P. The molecule has 0 amide bonds. The Balaban J connectivity index is 2.43. The topological polar surface area (TPSA) is 35.5 Å². The summed E-state index contributed by atoms with van der Waals surface area (Å²) >= 11 is 0. The van der Waals surface area contributed by atoms with Crippen LogP contribution in [0, 0.1) is 29.1 Å². The van der Waals surface area contributed by atoms with E-state index in [-0.39, 0.29) is 18.3 Å². The molecule has 2 aromatic carbocycles. The molecule has 0 aliphatic rings. The molecule has 130 valence electrons. The highest BCUT2D eigenvalue weighted by Gasteiger charge is 2.34. The molecule has 1 atom stereocenters. The van der Waals surface area contributed by atoms with Crippen LogP contribution in [-0.4, -0.2) is 6.16 Å². The van der Waals surface area contributed by atoms with E-state index in [1.165, 1.54) is 12.1 Å². The van der Waals surface area contributed by atoms with Crippen molar-refractivity contribution in [3.8, 4) is 11.5 Å². The highest BCUT2D eigenvalue weighted by Crippen LogP contribution is 2.50. The zero-order valence-corrected chi connectivity index (χ0v) is 13.3. The van der Waals surface area contributed by atoms with Gasteiger partial charge in [-0.3, -0.25) is 0 Å². The van der Waals surface area contributed by atoms with E-state index in [2.05, 4.69) is 4.52 Å². The molecule has 0 radical (unpaired) electrons. The van der Waals surface area contributed by atoms with Crippen LogP contribution in [0.1, 0.15) is 13.3 Å². The molecule has 0 bridgehead atoms. The molecule has 0 saturated carbocycles. The number of para-hydroxylation sites is 1. The third-order valence-electron chi connectivity index (χ3n) is 2.89. The van der Waals surface area contributed by atoms with Crippen LogP contribution >= 0.6 is 7.60 Å². The Morgan fingerprint density at radius 3 is 1.83 bits per heavy atom. The minimum absolute atomic E-state index is 0.0677. The van der Waals surface area contributed by atoms with E-state index >= 15 is 0 Å². The van der Waals surface area contributed by atoms with Gasteiger partial charge in [0.15, 0.2) is 0 Å². The maximum atomic E-state index is 13.7. The second-order valence-corrected chi connectivity index (χ2v) is 6.76. The second-order valence-electron chi connectivity index (χ2n) is 4.73. The Labute approximate surface area is 134 Å². The van der Waals surface area contributed by atoms with Gasteiger partial charge in [0.1, 0.15) is 5.75 Å². The molecule has 0 aromatic heterocycles. The van der Waals surface area contributed by atoms with Crippen molar-refractivity contribution < 1.29 is 35.6 Å². The fraction of sp³-hybridized carbons (Fsp3) is 0.200. The van der Waals surface area contributed by atoms with Crippen molar-refractivity contribution in [1.82, 2.24) is 0 Å². The van der Waals surface area contributed by atoms with Gasteiger partial charge in [0, 0.05) is 0 Å². The lowest BCUT2D eigenvalue weighted by Crippen LogP contribution is -2.10. The molecule has 0 unspecified atom stereocenters. The molecule has 2 aromatic rings. The molecule has 0 N–H and O–H groups in total. The van der Waals surface area contributed by atoms with Crippen LogP contribution < -0.4 is 9.05 Å². The van der Waals surface area contributed by atoms with Crippen LogP contribution in [-0.2, 0) is 4.57 Å². The molecule has 3 nitrogen and oxygen atoms in total. The van der Waals surface area contributed by atoms with Crippen molar-refractivity contribution in [3.05, 3.63) is 59.4 Å². The van der Waals surface area contributed by atoms with Crippen molar-refractivity contribution in [2.45, 2.75) is 13.3 Å². The van der Waals surface area contributed by atoms with Crippen molar-refractivity contribution >= 4 is 7.60 Å². The quantitative estimate of drug-likeness (QED) is 0.295. The zero-order chi connectivity index (χ0) is 17.9. The molecule has 24 heavy (non-hydrogen) atoms. The van der Waals surface area contributed by atoms with Gasteiger partial charge < -0.3 is 9.05 Å². The van der Waals surface area contributed by atoms with Crippen molar-refractivity contribution in [3.63, 3.8) is 0 Å². The first-order chi connectivity index (χ1) is 11.3. The largest absolute Gasteiger partial charge is 0.430 e. The summed E-state index contributed by atoms with van der Waals surface area (Å²) < 4.78 is 89.3. The van der Waals surface area contributed by atoms with Crippen LogP contribution in [0.4, 0.5) is 22.0 Å². The molecular weight excluding hydrogens is 354 g/mol. The SMILES string of the molecule is CCC[P@@](=O)(Oc1ccccc1)Oc1c(F)c(F)c(F)c(F)c1F. The lowest BCUT2D eigenvalue weighted by molar-refractivity contribution is 0.325. The Morgan fingerprint density at radius 1 is 0.833 bits per heavy atom. The molecule has 9 heteroatoms. The van der Waals surface area contributed by atoms with E-state index in [4.69, 9.17) is 4.52 Å². The minimum Gasteiger partial charge on any atom is -0.416 e. The highest BCUT2D eigenvalue weighted by atomic mass is 31.2. The van der Waals surface area contributed by atoms with Gasteiger partial charge in [-0.05, 0) is 18.6 Å². The fourth-order valence-corrected chi connectivity index (χ4v) is 3.48. The number of hydrogen-bond acceptors (Lipinski definition) is 3. The van der Waals surface area contributed by atoms with Gasteiger partial charge in [-0.2, -0.15) is 8.78 Å². The predicted octanol–water partition coefficient (Wildman–Crippen LogP) is 5.44. The monoisotopic (exact) mass is 366 g/mol. The molecule has 0 spiro atoms. The van der Waals surface area contributed by atoms with Crippen LogP contribution in [0.5, 0.6) is 11.5 Å². The van der Waals surface area contributed by atoms with Crippen LogP contribution in [0.2, 0.25) is 0 Å². The molecule has 2 rings (SSSR count). The van der Waals surface area contributed by atoms with Crippen molar-refractivity contribution in [2.24, 2.45) is 0 Å². The normalized spacial score (nSPS) is 13.4. The summed E-state index contributed by atoms with van der Waals surface area (Å²) in [6.45, 7) is 1.59. The first kappa shape index (κ1) is 18.3. The molecule has 0 aliphatic heterocycles. The fourth-order valence-electron chi connectivity index (χ4n) is 1.83. The van der Waals surface area contributed by atoms with Gasteiger partial charge in [0.05, 0.1) is 6.16 Å². The summed E-state index contributed by atoms with van der Waals surface area (Å²) in [6.07, 6.45) is -0.0686. The molecule has 0 fully saturated rings. The standard InChI is InChI=1S/C15H12F5O3P/c1-2-8-24(21,22-9-6-4-3-5-7-9)23-15-13(19)11(17)10(16)12(18)14(15)20/h3-7H,2,8H2,1H3/t24-/m1/s1. The third kappa shape index (κ3) is 3.70. The summed E-state index contributed by atoms with van der Waals surface area (Å²) in [6, 6.07) is 7.55. The van der Waals surface area contributed by atoms with Crippen LogP contribution in [0.25, 0.3) is 0 Å². The Hall–Kier alpha value is -2.08. The molecule has 0 saturated heterocycles. The van der Waals surface area contributed by atoms with E-state index in [9.17, 15) is 26.5 Å². The summed E-state index contributed by atoms with van der Waals surface area (Å²) in [5, 5.41) is 0. The Morgan fingerprint density at radius 2 is 1.33 bits per heavy atom. The number of halogens is 5. The summed E-state index contributed by atoms with van der Waals surface area (Å²) in [5.74, 6) is -12.7. The predicted molar refractivity (Wildman–Crippen MR) is 76.7 cm³/mol. The zero-order valence-electron chi connectivity index (χ0n) is 12.4. The highest BCUT2D eigenvalue weighted by molar-refractivity contribution is 7.54. The second kappa shape index (κ2) is 7.21. The first-order valence-electron chi connectivity index (χ1n) is 6.83. The van der Waals surface area contributed by atoms with Gasteiger partial charge in [-0.15, -0.1) is 0 Å². The lowest BCUT2D eigenvalue weighted by atomic mass is 10.3. The van der Waals surface area contributed by atoms with Gasteiger partial charge in [0.2, 0.25) is 34.8 Å². The number of benzene rings is 2. The van der Waals surface area contributed by atoms with Gasteiger partial charge in [-0.1, -0.05) is 25.1 Å². The van der Waals surface area contributed by atoms with Crippen LogP contribution in [0.3, 0.4) is 0 Å². The van der Waals surface area contributed by atoms with E-state index in [1.54, 1.807) is 25.1 Å². The maximum absolute atomic E-state index is 13.7. The molecule has 0 aliphatic carbocycles. The lowest BCUT2D eigenvalue weighted by Gasteiger charge is -2.20. The average Bonchev–Trinajstić information content (AvgIpc) is 2.56. The van der Waals surface area contributed by atoms with Crippen molar-refractivity contribution in [1.29, 1.82) is 0 Å². The van der Waals surface area contributed by atoms with E-state index in [0.717, 1.165) is 0 Å². The third-order valence-corrected chi connectivity index (χ3v) is 4.83. The number of hydrogen-bond donors (Lipinski definition) is 0. The Bertz CT molecular complexity index is 753. The average molecular weight is 366 g/mol. The van der Waals surface area contributed by atoms with E-state index < -0.39 is 42.4 Å². The minimum atomic E-state index is -4.21. The van der Waals surface area contributed by atoms with Gasteiger partial charge in [0.25, 0.3) is 0 Å². The van der Waals surface area contributed by atoms with Crippen LogP contribution in [0.15, 0.2) is 30.3 Å². The maximum Gasteiger partial charge on any atom is 0.430 e. The summed E-state index contributed by atoms with van der Waals surface area (Å²) in [5.41, 5.74) is 0.